The van der Waals surface area contributed by atoms with Gasteiger partial charge in [0.25, 0.3) is 0 Å². The van der Waals surface area contributed by atoms with Gasteiger partial charge in [0.2, 0.25) is 5.91 Å². The number of carbonyl (C=O) groups excluding carboxylic acids is 1. The number of carbonyl (C=O) groups is 1. The highest BCUT2D eigenvalue weighted by molar-refractivity contribution is 7.81. The fourth-order valence-corrected chi connectivity index (χ4v) is 2.65. The summed E-state index contributed by atoms with van der Waals surface area (Å²) in [7, 11) is 0. The third-order valence-corrected chi connectivity index (χ3v) is 3.33. The van der Waals surface area contributed by atoms with E-state index in [2.05, 4.69) is 12.6 Å². The molecule has 13 heavy (non-hydrogen) atoms. The first-order valence-electron chi connectivity index (χ1n) is 4.84. The molecule has 1 amide bonds. The lowest BCUT2D eigenvalue weighted by atomic mass is 10.2. The van der Waals surface area contributed by atoms with E-state index in [1.165, 1.54) is 0 Å². The predicted octanol–water partition coefficient (Wildman–Crippen LogP) is 0.430. The number of amides is 1. The summed E-state index contributed by atoms with van der Waals surface area (Å²) in [4.78, 5) is 13.3. The molecule has 0 aromatic carbocycles. The van der Waals surface area contributed by atoms with Crippen molar-refractivity contribution in [1.82, 2.24) is 4.90 Å². The minimum absolute atomic E-state index is 0.0737. The molecule has 0 bridgehead atoms. The number of aliphatic hydroxyl groups excluding tert-OH is 1. The Kier molecular flexibility index (Phi) is 2.51. The van der Waals surface area contributed by atoms with Crippen LogP contribution in [0.4, 0.5) is 0 Å². The standard InChI is InChI=1S/C9H15NO2S/c11-8-3-1-2-7(8)10-5-6(13)4-9(10)12/h6-8,11,13H,1-5H2. The number of aliphatic hydroxyl groups is 1. The molecule has 3 atom stereocenters. The first-order chi connectivity index (χ1) is 6.18. The highest BCUT2D eigenvalue weighted by atomic mass is 32.1. The molecule has 1 aliphatic heterocycles. The highest BCUT2D eigenvalue weighted by Gasteiger charge is 2.38. The lowest BCUT2D eigenvalue weighted by molar-refractivity contribution is -0.131. The van der Waals surface area contributed by atoms with Crippen LogP contribution in [0.5, 0.6) is 0 Å². The first-order valence-corrected chi connectivity index (χ1v) is 5.35. The Bertz CT molecular complexity index is 222. The molecule has 1 heterocycles. The van der Waals surface area contributed by atoms with E-state index >= 15 is 0 Å². The van der Waals surface area contributed by atoms with E-state index in [0.717, 1.165) is 19.3 Å². The van der Waals surface area contributed by atoms with E-state index in [4.69, 9.17) is 0 Å². The molecule has 0 aromatic rings. The molecule has 4 heteroatoms. The van der Waals surface area contributed by atoms with Crippen LogP contribution in [0.25, 0.3) is 0 Å². The largest absolute Gasteiger partial charge is 0.391 e. The van der Waals surface area contributed by atoms with Gasteiger partial charge >= 0.3 is 0 Å². The van der Waals surface area contributed by atoms with Crippen molar-refractivity contribution in [2.75, 3.05) is 6.54 Å². The first kappa shape index (κ1) is 9.34. The number of likely N-dealkylation sites (tertiary alicyclic amines) is 1. The van der Waals surface area contributed by atoms with E-state index in [1.54, 1.807) is 0 Å². The molecule has 1 aliphatic carbocycles. The molecule has 1 N–H and O–H groups in total. The van der Waals surface area contributed by atoms with Gasteiger partial charge in [0.05, 0.1) is 12.1 Å². The maximum Gasteiger partial charge on any atom is 0.224 e. The Labute approximate surface area is 83.5 Å². The third-order valence-electron chi connectivity index (χ3n) is 2.98. The molecule has 1 saturated carbocycles. The van der Waals surface area contributed by atoms with Crippen LogP contribution in [0.1, 0.15) is 25.7 Å². The summed E-state index contributed by atoms with van der Waals surface area (Å²) in [6.45, 7) is 0.712. The molecule has 0 spiro atoms. The van der Waals surface area contributed by atoms with Gasteiger partial charge in [0, 0.05) is 18.2 Å². The van der Waals surface area contributed by atoms with Crippen LogP contribution in [-0.4, -0.2) is 39.9 Å². The fraction of sp³-hybridized carbons (Fsp3) is 0.889. The van der Waals surface area contributed by atoms with Crippen molar-refractivity contribution in [2.45, 2.75) is 43.1 Å². The molecule has 2 rings (SSSR count). The predicted molar refractivity (Wildman–Crippen MR) is 52.7 cm³/mol. The lowest BCUT2D eigenvalue weighted by Gasteiger charge is -2.26. The monoisotopic (exact) mass is 201 g/mol. The molecule has 3 unspecified atom stereocenters. The zero-order valence-electron chi connectivity index (χ0n) is 7.52. The van der Waals surface area contributed by atoms with E-state index < -0.39 is 0 Å². The Morgan fingerprint density at radius 1 is 1.46 bits per heavy atom. The van der Waals surface area contributed by atoms with E-state index in [0.29, 0.717) is 13.0 Å². The Hall–Kier alpha value is -0.220. The van der Waals surface area contributed by atoms with E-state index in [9.17, 15) is 9.90 Å². The Morgan fingerprint density at radius 2 is 2.23 bits per heavy atom. The summed E-state index contributed by atoms with van der Waals surface area (Å²) in [5.74, 6) is 0.158. The average molecular weight is 201 g/mol. The molecule has 74 valence electrons. The Morgan fingerprint density at radius 3 is 2.69 bits per heavy atom. The zero-order valence-corrected chi connectivity index (χ0v) is 8.41. The number of rotatable bonds is 1. The summed E-state index contributed by atoms with van der Waals surface area (Å²) in [6, 6.07) is 0.0737. The van der Waals surface area contributed by atoms with Crippen LogP contribution < -0.4 is 0 Å². The normalized spacial score (nSPS) is 40.3. The third kappa shape index (κ3) is 1.70. The molecule has 1 saturated heterocycles. The maximum atomic E-state index is 11.5. The van der Waals surface area contributed by atoms with Gasteiger partial charge in [-0.3, -0.25) is 4.79 Å². The molecular formula is C9H15NO2S. The smallest absolute Gasteiger partial charge is 0.224 e. The van der Waals surface area contributed by atoms with Crippen molar-refractivity contribution in [1.29, 1.82) is 0 Å². The van der Waals surface area contributed by atoms with Gasteiger partial charge in [0.15, 0.2) is 0 Å². The van der Waals surface area contributed by atoms with Crippen molar-refractivity contribution in [3.05, 3.63) is 0 Å². The van der Waals surface area contributed by atoms with Gasteiger partial charge in [-0.1, -0.05) is 0 Å². The average Bonchev–Trinajstić information content (AvgIpc) is 2.58. The molecule has 2 fully saturated rings. The topological polar surface area (TPSA) is 40.5 Å². The quantitative estimate of drug-likeness (QED) is 0.604. The van der Waals surface area contributed by atoms with Crippen molar-refractivity contribution in [2.24, 2.45) is 0 Å². The molecule has 3 nitrogen and oxygen atoms in total. The van der Waals surface area contributed by atoms with Gasteiger partial charge in [-0.2, -0.15) is 12.6 Å². The van der Waals surface area contributed by atoms with Gasteiger partial charge in [-0.25, -0.2) is 0 Å². The summed E-state index contributed by atoms with van der Waals surface area (Å²) in [6.07, 6.45) is 3.06. The molecule has 2 aliphatic rings. The minimum atomic E-state index is -0.303. The number of thiol groups is 1. The second-order valence-electron chi connectivity index (χ2n) is 3.97. The van der Waals surface area contributed by atoms with E-state index in [1.807, 2.05) is 4.90 Å². The van der Waals surface area contributed by atoms with Crippen molar-refractivity contribution in [3.63, 3.8) is 0 Å². The van der Waals surface area contributed by atoms with E-state index in [-0.39, 0.29) is 23.3 Å². The van der Waals surface area contributed by atoms with Gasteiger partial charge in [-0.05, 0) is 19.3 Å². The van der Waals surface area contributed by atoms with Gasteiger partial charge < -0.3 is 10.0 Å². The van der Waals surface area contributed by atoms with Crippen LogP contribution in [0, 0.1) is 0 Å². The summed E-state index contributed by atoms with van der Waals surface area (Å²) >= 11 is 4.29. The number of hydrogen-bond acceptors (Lipinski definition) is 3. The van der Waals surface area contributed by atoms with Gasteiger partial charge in [-0.15, -0.1) is 0 Å². The van der Waals surface area contributed by atoms with Crippen molar-refractivity contribution in [3.8, 4) is 0 Å². The Balaban J connectivity index is 2.04. The van der Waals surface area contributed by atoms with Gasteiger partial charge in [0.1, 0.15) is 0 Å². The number of hydrogen-bond donors (Lipinski definition) is 2. The summed E-state index contributed by atoms with van der Waals surface area (Å²) < 4.78 is 0. The van der Waals surface area contributed by atoms with Crippen LogP contribution >= 0.6 is 12.6 Å². The minimum Gasteiger partial charge on any atom is -0.391 e. The second kappa shape index (κ2) is 3.50. The van der Waals surface area contributed by atoms with Crippen molar-refractivity contribution >= 4 is 18.5 Å². The summed E-state index contributed by atoms with van der Waals surface area (Å²) in [5.41, 5.74) is 0. The fourth-order valence-electron chi connectivity index (χ4n) is 2.32. The second-order valence-corrected chi connectivity index (χ2v) is 4.70. The maximum absolute atomic E-state index is 11.5. The zero-order chi connectivity index (χ0) is 9.42. The van der Waals surface area contributed by atoms with Crippen LogP contribution in [0.3, 0.4) is 0 Å². The van der Waals surface area contributed by atoms with Crippen molar-refractivity contribution < 1.29 is 9.90 Å². The van der Waals surface area contributed by atoms with Crippen LogP contribution in [0.15, 0.2) is 0 Å². The summed E-state index contributed by atoms with van der Waals surface area (Å²) in [5, 5.41) is 9.80. The number of nitrogens with zero attached hydrogens (tertiary/aromatic N) is 1. The van der Waals surface area contributed by atoms with Crippen LogP contribution in [-0.2, 0) is 4.79 Å². The molecular weight excluding hydrogens is 186 g/mol. The van der Waals surface area contributed by atoms with Crippen LogP contribution in [0.2, 0.25) is 0 Å². The molecule has 0 aromatic heterocycles. The lowest BCUT2D eigenvalue weighted by Crippen LogP contribution is -2.41. The SMILES string of the molecule is O=C1CC(S)CN1C1CCCC1O. The highest BCUT2D eigenvalue weighted by Crippen LogP contribution is 2.28. The molecule has 0 radical (unpaired) electrons.